The van der Waals surface area contributed by atoms with Gasteiger partial charge in [0.15, 0.2) is 10.4 Å². The maximum atomic E-state index is 11.6. The smallest absolute Gasteiger partial charge is 0.303 e. The first-order valence-electron chi connectivity index (χ1n) is 9.42. The molecule has 0 N–H and O–H groups in total. The van der Waals surface area contributed by atoms with Crippen molar-refractivity contribution in [1.82, 2.24) is 0 Å². The van der Waals surface area contributed by atoms with Crippen LogP contribution in [0.15, 0.2) is 60.7 Å². The molecule has 1 heterocycles. The number of esters is 1. The number of thioether (sulfide) groups is 1. The van der Waals surface area contributed by atoms with Crippen molar-refractivity contribution in [2.45, 2.75) is 43.7 Å². The molecule has 0 saturated carbocycles. The number of carbonyl (C=O) groups excluding carboxylic acids is 1. The monoisotopic (exact) mass is 416 g/mol. The van der Waals surface area contributed by atoms with E-state index in [0.717, 1.165) is 11.1 Å². The van der Waals surface area contributed by atoms with E-state index in [1.54, 1.807) is 11.8 Å². The molecule has 6 heteroatoms. The highest BCUT2D eigenvalue weighted by Crippen LogP contribution is 2.62. The maximum Gasteiger partial charge on any atom is 0.303 e. The van der Waals surface area contributed by atoms with E-state index >= 15 is 0 Å². The molecule has 2 atom stereocenters. The van der Waals surface area contributed by atoms with E-state index in [1.165, 1.54) is 6.92 Å². The second-order valence-corrected chi connectivity index (χ2v) is 9.70. The summed E-state index contributed by atoms with van der Waals surface area (Å²) in [5.41, 5.74) is 0.534. The Balaban J connectivity index is 2.26. The summed E-state index contributed by atoms with van der Waals surface area (Å²) in [6.45, 7) is 8.21. The minimum absolute atomic E-state index is 0.303. The fraction of sp³-hybridized carbons (Fsp3) is 0.409. The zero-order valence-electron chi connectivity index (χ0n) is 17.1. The van der Waals surface area contributed by atoms with Gasteiger partial charge in [-0.15, -0.1) is 0 Å². The van der Waals surface area contributed by atoms with Crippen molar-refractivity contribution in [2.24, 2.45) is 5.41 Å². The number of hydrogen-bond acceptors (Lipinski definition) is 5. The van der Waals surface area contributed by atoms with Crippen molar-refractivity contribution in [2.75, 3.05) is 6.61 Å². The Morgan fingerprint density at radius 1 is 1.07 bits per heavy atom. The van der Waals surface area contributed by atoms with Gasteiger partial charge in [0.25, 0.3) is 0 Å². The highest BCUT2D eigenvalue weighted by molar-refractivity contribution is 8.01. The van der Waals surface area contributed by atoms with Crippen LogP contribution in [0.1, 0.15) is 38.8 Å². The summed E-state index contributed by atoms with van der Waals surface area (Å²) in [7, 11) is 0.508. The first-order valence-corrected chi connectivity index (χ1v) is 11.1. The fourth-order valence-corrected chi connectivity index (χ4v) is 6.62. The lowest BCUT2D eigenvalue weighted by molar-refractivity contribution is -0.154. The topological polar surface area (TPSA) is 44.8 Å². The largest absolute Gasteiger partial charge is 0.449 e. The molecule has 1 aliphatic heterocycles. The molecule has 0 radical (unpaired) electrons. The van der Waals surface area contributed by atoms with E-state index in [4.69, 9.17) is 13.9 Å². The van der Waals surface area contributed by atoms with E-state index < -0.39 is 10.5 Å². The Kier molecular flexibility index (Phi) is 6.05. The standard InChI is InChI=1S/C22H28O4SSi/c1-16(23)25-19-15-24-22(27-19,20(2,3)4)21(26-28,17-11-7-5-8-12-17)18-13-9-6-10-14-18/h5-14,19H,15H2,1-4,28H3/t19?,22-/m0/s1. The van der Waals surface area contributed by atoms with Gasteiger partial charge >= 0.3 is 5.97 Å². The highest BCUT2D eigenvalue weighted by Gasteiger charge is 2.65. The van der Waals surface area contributed by atoms with Crippen LogP contribution < -0.4 is 0 Å². The van der Waals surface area contributed by atoms with Gasteiger partial charge in [0, 0.05) is 12.3 Å². The van der Waals surface area contributed by atoms with Gasteiger partial charge in [-0.05, 0) is 11.1 Å². The zero-order valence-corrected chi connectivity index (χ0v) is 19.9. The molecular formula is C22H28O4SSi. The molecule has 0 bridgehead atoms. The van der Waals surface area contributed by atoms with Gasteiger partial charge in [0.2, 0.25) is 0 Å². The Morgan fingerprint density at radius 3 is 1.96 bits per heavy atom. The van der Waals surface area contributed by atoms with E-state index in [9.17, 15) is 4.79 Å². The Labute approximate surface area is 174 Å². The third kappa shape index (κ3) is 3.43. The molecule has 0 aromatic heterocycles. The Hall–Kier alpha value is -1.60. The summed E-state index contributed by atoms with van der Waals surface area (Å²) in [6.07, 6.45) is 0. The van der Waals surface area contributed by atoms with Crippen molar-refractivity contribution >= 4 is 28.2 Å². The van der Waals surface area contributed by atoms with Gasteiger partial charge in [-0.1, -0.05) is 93.2 Å². The van der Waals surface area contributed by atoms with E-state index in [-0.39, 0.29) is 16.8 Å². The minimum atomic E-state index is -0.834. The van der Waals surface area contributed by atoms with E-state index in [1.807, 2.05) is 36.4 Å². The van der Waals surface area contributed by atoms with Gasteiger partial charge in [-0.25, -0.2) is 0 Å². The Bertz CT molecular complexity index is 767. The van der Waals surface area contributed by atoms with Crippen molar-refractivity contribution < 1.29 is 18.7 Å². The summed E-state index contributed by atoms with van der Waals surface area (Å²) in [4.78, 5) is 10.8. The number of benzene rings is 2. The molecule has 1 aliphatic rings. The SMILES string of the molecule is CC(=O)OC1CO[C@](C(C)(C)C)(C(O[SiH3])(c2ccccc2)c2ccccc2)S1. The lowest BCUT2D eigenvalue weighted by Gasteiger charge is -2.53. The number of ether oxygens (including phenoxy) is 2. The van der Waals surface area contributed by atoms with E-state index in [0.29, 0.717) is 17.1 Å². The molecule has 0 aliphatic carbocycles. The van der Waals surface area contributed by atoms with Crippen molar-refractivity contribution in [3.8, 4) is 0 Å². The van der Waals surface area contributed by atoms with Gasteiger partial charge in [-0.3, -0.25) is 4.79 Å². The summed E-state index contributed by atoms with van der Waals surface area (Å²) >= 11 is 1.55. The van der Waals surface area contributed by atoms with Crippen LogP contribution in [0, 0.1) is 5.41 Å². The van der Waals surface area contributed by atoms with Crippen LogP contribution in [0.2, 0.25) is 0 Å². The van der Waals surface area contributed by atoms with Gasteiger partial charge < -0.3 is 13.9 Å². The zero-order chi connectivity index (χ0) is 20.4. The van der Waals surface area contributed by atoms with Crippen molar-refractivity contribution in [1.29, 1.82) is 0 Å². The molecule has 2 aromatic carbocycles. The van der Waals surface area contributed by atoms with Crippen LogP contribution in [0.3, 0.4) is 0 Å². The Morgan fingerprint density at radius 2 is 1.57 bits per heavy atom. The molecule has 4 nitrogen and oxygen atoms in total. The maximum absolute atomic E-state index is 11.6. The molecule has 0 amide bonds. The summed E-state index contributed by atoms with van der Waals surface area (Å²) in [5, 5.41) is 0. The molecule has 28 heavy (non-hydrogen) atoms. The molecule has 1 saturated heterocycles. The highest BCUT2D eigenvalue weighted by atomic mass is 32.2. The van der Waals surface area contributed by atoms with Crippen LogP contribution in [0.25, 0.3) is 0 Å². The predicted octanol–water partition coefficient (Wildman–Crippen LogP) is 3.62. The third-order valence-corrected chi connectivity index (χ3v) is 7.59. The molecule has 0 spiro atoms. The second-order valence-electron chi connectivity index (χ2n) is 7.95. The average Bonchev–Trinajstić information content (AvgIpc) is 3.09. The lowest BCUT2D eigenvalue weighted by atomic mass is 9.70. The lowest BCUT2D eigenvalue weighted by Crippen LogP contribution is -2.59. The van der Waals surface area contributed by atoms with E-state index in [2.05, 4.69) is 45.0 Å². The molecule has 1 unspecified atom stereocenters. The number of hydrogen-bond donors (Lipinski definition) is 0. The summed E-state index contributed by atoms with van der Waals surface area (Å²) < 4.78 is 18.6. The molecular weight excluding hydrogens is 388 g/mol. The van der Waals surface area contributed by atoms with Gasteiger partial charge in [0.05, 0.1) is 6.61 Å². The second kappa shape index (κ2) is 8.03. The molecule has 3 rings (SSSR count). The van der Waals surface area contributed by atoms with Crippen LogP contribution in [-0.4, -0.2) is 33.4 Å². The molecule has 150 valence electrons. The van der Waals surface area contributed by atoms with Crippen molar-refractivity contribution in [3.05, 3.63) is 71.8 Å². The van der Waals surface area contributed by atoms with Crippen molar-refractivity contribution in [3.63, 3.8) is 0 Å². The normalized spacial score (nSPS) is 22.9. The number of rotatable bonds is 5. The van der Waals surface area contributed by atoms with Crippen LogP contribution in [0.4, 0.5) is 0 Å². The quantitative estimate of drug-likeness (QED) is 0.550. The fourth-order valence-electron chi connectivity index (χ4n) is 4.05. The van der Waals surface area contributed by atoms with Gasteiger partial charge in [-0.2, -0.15) is 0 Å². The minimum Gasteiger partial charge on any atom is -0.449 e. The van der Waals surface area contributed by atoms with Crippen LogP contribution in [-0.2, 0) is 24.3 Å². The predicted molar refractivity (Wildman–Crippen MR) is 116 cm³/mol. The summed E-state index contributed by atoms with van der Waals surface area (Å²) in [6, 6.07) is 20.4. The average molecular weight is 417 g/mol. The summed E-state index contributed by atoms with van der Waals surface area (Å²) in [5.74, 6) is -0.303. The molecule has 2 aromatic rings. The molecule has 1 fully saturated rings. The third-order valence-electron chi connectivity index (χ3n) is 5.14. The first kappa shape index (κ1) is 21.1. The first-order chi connectivity index (χ1) is 13.3. The van der Waals surface area contributed by atoms with Gasteiger partial charge in [0.1, 0.15) is 16.1 Å². The van der Waals surface area contributed by atoms with Crippen LogP contribution >= 0.6 is 11.8 Å². The number of carbonyl (C=O) groups is 1. The van der Waals surface area contributed by atoms with Crippen LogP contribution in [0.5, 0.6) is 0 Å².